The molecule has 1 amide bonds. The molecule has 4 rings (SSSR count). The van der Waals surface area contributed by atoms with Crippen LogP contribution in [-0.2, 0) is 4.79 Å². The second-order valence-electron chi connectivity index (χ2n) is 6.64. The lowest BCUT2D eigenvalue weighted by Gasteiger charge is -2.17. The van der Waals surface area contributed by atoms with E-state index in [2.05, 4.69) is 17.1 Å². The summed E-state index contributed by atoms with van der Waals surface area (Å²) in [5, 5.41) is 4.71. The lowest BCUT2D eigenvalue weighted by molar-refractivity contribution is -0.117. The average molecular weight is 368 g/mol. The molecule has 0 aliphatic carbocycles. The topological polar surface area (TPSA) is 59.2 Å². The number of nitrogens with zero attached hydrogens (tertiary/aromatic N) is 3. The summed E-state index contributed by atoms with van der Waals surface area (Å²) < 4.78 is 5.44. The SMILES string of the molecule is Cc1ccc(N2C[C@H](c3nc(-c4ccc(Cl)cc4)no3)CC2=O)cc1C. The molecule has 1 atom stereocenters. The Morgan fingerprint density at radius 2 is 1.88 bits per heavy atom. The molecule has 0 radical (unpaired) electrons. The molecule has 1 aliphatic heterocycles. The summed E-state index contributed by atoms with van der Waals surface area (Å²) in [4.78, 5) is 18.8. The Morgan fingerprint density at radius 1 is 1.12 bits per heavy atom. The highest BCUT2D eigenvalue weighted by molar-refractivity contribution is 6.30. The summed E-state index contributed by atoms with van der Waals surface area (Å²) in [7, 11) is 0. The average Bonchev–Trinajstić information content (AvgIpc) is 3.25. The van der Waals surface area contributed by atoms with Gasteiger partial charge in [-0.3, -0.25) is 4.79 Å². The Hall–Kier alpha value is -2.66. The summed E-state index contributed by atoms with van der Waals surface area (Å²) >= 11 is 5.91. The predicted octanol–water partition coefficient (Wildman–Crippen LogP) is 4.53. The fourth-order valence-electron chi connectivity index (χ4n) is 3.13. The fraction of sp³-hybridized carbons (Fsp3) is 0.250. The Labute approximate surface area is 156 Å². The van der Waals surface area contributed by atoms with Crippen LogP contribution in [0.1, 0.15) is 29.4 Å². The van der Waals surface area contributed by atoms with E-state index >= 15 is 0 Å². The van der Waals surface area contributed by atoms with Gasteiger partial charge in [0.25, 0.3) is 0 Å². The van der Waals surface area contributed by atoms with Crippen molar-refractivity contribution in [3.63, 3.8) is 0 Å². The van der Waals surface area contributed by atoms with E-state index in [9.17, 15) is 4.79 Å². The van der Waals surface area contributed by atoms with Crippen LogP contribution in [0, 0.1) is 13.8 Å². The second-order valence-corrected chi connectivity index (χ2v) is 7.07. The molecule has 5 nitrogen and oxygen atoms in total. The van der Waals surface area contributed by atoms with Gasteiger partial charge in [-0.2, -0.15) is 4.98 Å². The molecular formula is C20H18ClN3O2. The molecule has 26 heavy (non-hydrogen) atoms. The van der Waals surface area contributed by atoms with Crippen LogP contribution in [-0.4, -0.2) is 22.6 Å². The van der Waals surface area contributed by atoms with E-state index in [0.717, 1.165) is 11.3 Å². The number of aryl methyl sites for hydroxylation is 2. The summed E-state index contributed by atoms with van der Waals surface area (Å²) in [6.07, 6.45) is 0.370. The number of amides is 1. The molecule has 132 valence electrons. The van der Waals surface area contributed by atoms with E-state index in [1.807, 2.05) is 37.3 Å². The van der Waals surface area contributed by atoms with E-state index in [0.29, 0.717) is 29.7 Å². The van der Waals surface area contributed by atoms with Crippen LogP contribution >= 0.6 is 11.6 Å². The van der Waals surface area contributed by atoms with Crippen LogP contribution in [0.25, 0.3) is 11.4 Å². The van der Waals surface area contributed by atoms with E-state index in [1.165, 1.54) is 11.1 Å². The maximum atomic E-state index is 12.5. The van der Waals surface area contributed by atoms with Crippen molar-refractivity contribution in [2.75, 3.05) is 11.4 Å². The molecule has 2 aromatic carbocycles. The fourth-order valence-corrected chi connectivity index (χ4v) is 3.26. The monoisotopic (exact) mass is 367 g/mol. The van der Waals surface area contributed by atoms with E-state index in [4.69, 9.17) is 16.1 Å². The number of halogens is 1. The smallest absolute Gasteiger partial charge is 0.232 e. The van der Waals surface area contributed by atoms with Crippen molar-refractivity contribution in [3.05, 3.63) is 64.5 Å². The van der Waals surface area contributed by atoms with Crippen LogP contribution in [0.2, 0.25) is 5.02 Å². The van der Waals surface area contributed by atoms with Gasteiger partial charge in [0.05, 0.1) is 5.92 Å². The third-order valence-corrected chi connectivity index (χ3v) is 5.07. The Morgan fingerprint density at radius 3 is 2.62 bits per heavy atom. The van der Waals surface area contributed by atoms with Crippen molar-refractivity contribution < 1.29 is 9.32 Å². The Kier molecular flexibility index (Phi) is 4.24. The minimum absolute atomic E-state index is 0.0736. The summed E-state index contributed by atoms with van der Waals surface area (Å²) in [6, 6.07) is 13.3. The van der Waals surface area contributed by atoms with Crippen molar-refractivity contribution in [1.29, 1.82) is 0 Å². The number of carbonyl (C=O) groups is 1. The highest BCUT2D eigenvalue weighted by atomic mass is 35.5. The first-order valence-corrected chi connectivity index (χ1v) is 8.86. The number of aromatic nitrogens is 2. The van der Waals surface area contributed by atoms with Crippen LogP contribution in [0.15, 0.2) is 47.0 Å². The first-order chi connectivity index (χ1) is 12.5. The maximum Gasteiger partial charge on any atom is 0.232 e. The van der Waals surface area contributed by atoms with Crippen LogP contribution in [0.3, 0.4) is 0 Å². The highest BCUT2D eigenvalue weighted by Gasteiger charge is 2.35. The summed E-state index contributed by atoms with van der Waals surface area (Å²) in [6.45, 7) is 4.65. The zero-order valence-electron chi connectivity index (χ0n) is 14.6. The molecular weight excluding hydrogens is 350 g/mol. The quantitative estimate of drug-likeness (QED) is 0.682. The standard InChI is InChI=1S/C20H18ClN3O2/c1-12-3-8-17(9-13(12)2)24-11-15(10-18(24)25)20-22-19(23-26-20)14-4-6-16(21)7-5-14/h3-9,15H,10-11H2,1-2H3/t15-/m1/s1. The van der Waals surface area contributed by atoms with Gasteiger partial charge in [0.1, 0.15) is 0 Å². The van der Waals surface area contributed by atoms with Gasteiger partial charge in [0, 0.05) is 29.2 Å². The zero-order valence-corrected chi connectivity index (χ0v) is 15.3. The molecule has 2 heterocycles. The molecule has 1 saturated heterocycles. The van der Waals surface area contributed by atoms with Crippen LogP contribution in [0.4, 0.5) is 5.69 Å². The number of benzene rings is 2. The molecule has 0 saturated carbocycles. The molecule has 0 unspecified atom stereocenters. The molecule has 0 bridgehead atoms. The highest BCUT2D eigenvalue weighted by Crippen LogP contribution is 2.32. The lowest BCUT2D eigenvalue weighted by Crippen LogP contribution is -2.24. The second kappa shape index (κ2) is 6.57. The number of carbonyl (C=O) groups excluding carboxylic acids is 1. The number of hydrogen-bond donors (Lipinski definition) is 0. The molecule has 0 spiro atoms. The minimum Gasteiger partial charge on any atom is -0.339 e. The van der Waals surface area contributed by atoms with Crippen molar-refractivity contribution in [1.82, 2.24) is 10.1 Å². The largest absolute Gasteiger partial charge is 0.339 e. The number of rotatable bonds is 3. The van der Waals surface area contributed by atoms with Gasteiger partial charge in [-0.15, -0.1) is 0 Å². The van der Waals surface area contributed by atoms with Crippen LogP contribution in [0.5, 0.6) is 0 Å². The van der Waals surface area contributed by atoms with E-state index in [1.54, 1.807) is 17.0 Å². The van der Waals surface area contributed by atoms with Crippen molar-refractivity contribution in [2.24, 2.45) is 0 Å². The number of hydrogen-bond acceptors (Lipinski definition) is 4. The number of anilines is 1. The van der Waals surface area contributed by atoms with Gasteiger partial charge in [0.2, 0.25) is 17.6 Å². The van der Waals surface area contributed by atoms with Crippen molar-refractivity contribution in [2.45, 2.75) is 26.2 Å². The van der Waals surface area contributed by atoms with Crippen LogP contribution < -0.4 is 4.90 Å². The molecule has 1 aromatic heterocycles. The van der Waals surface area contributed by atoms with E-state index in [-0.39, 0.29) is 11.8 Å². The van der Waals surface area contributed by atoms with Gasteiger partial charge in [-0.05, 0) is 61.4 Å². The molecule has 1 fully saturated rings. The zero-order chi connectivity index (χ0) is 18.3. The molecule has 0 N–H and O–H groups in total. The molecule has 3 aromatic rings. The summed E-state index contributed by atoms with van der Waals surface area (Å²) in [5.74, 6) is 0.977. The van der Waals surface area contributed by atoms with Gasteiger partial charge in [-0.25, -0.2) is 0 Å². The summed E-state index contributed by atoms with van der Waals surface area (Å²) in [5.41, 5.74) is 4.13. The molecule has 6 heteroatoms. The Bertz CT molecular complexity index is 965. The first kappa shape index (κ1) is 16.8. The third kappa shape index (κ3) is 3.10. The Balaban J connectivity index is 1.55. The predicted molar refractivity (Wildman–Crippen MR) is 100 cm³/mol. The van der Waals surface area contributed by atoms with Crippen molar-refractivity contribution in [3.8, 4) is 11.4 Å². The minimum atomic E-state index is -0.0994. The normalized spacial score (nSPS) is 17.1. The van der Waals surface area contributed by atoms with E-state index < -0.39 is 0 Å². The van der Waals surface area contributed by atoms with Gasteiger partial charge in [-0.1, -0.05) is 22.8 Å². The van der Waals surface area contributed by atoms with Gasteiger partial charge >= 0.3 is 0 Å². The first-order valence-electron chi connectivity index (χ1n) is 8.48. The van der Waals surface area contributed by atoms with Gasteiger partial charge < -0.3 is 9.42 Å². The molecule has 1 aliphatic rings. The maximum absolute atomic E-state index is 12.5. The van der Waals surface area contributed by atoms with Gasteiger partial charge in [0.15, 0.2) is 0 Å². The van der Waals surface area contributed by atoms with Crippen molar-refractivity contribution >= 4 is 23.2 Å². The lowest BCUT2D eigenvalue weighted by atomic mass is 10.1. The third-order valence-electron chi connectivity index (χ3n) is 4.82.